The summed E-state index contributed by atoms with van der Waals surface area (Å²) >= 11 is 5.99. The maximum Gasteiger partial charge on any atom is 0.246 e. The van der Waals surface area contributed by atoms with Gasteiger partial charge in [-0.25, -0.2) is 13.5 Å². The molecule has 10 nitrogen and oxygen atoms in total. The van der Waals surface area contributed by atoms with Crippen molar-refractivity contribution in [3.63, 3.8) is 0 Å². The van der Waals surface area contributed by atoms with Gasteiger partial charge in [0.05, 0.1) is 5.75 Å². The van der Waals surface area contributed by atoms with Crippen molar-refractivity contribution in [3.05, 3.63) is 34.9 Å². The highest BCUT2D eigenvalue weighted by Gasteiger charge is 2.27. The molecule has 0 bridgehead atoms. The summed E-state index contributed by atoms with van der Waals surface area (Å²) in [5.41, 5.74) is 6.77. The number of rotatable bonds is 10. The Morgan fingerprint density at radius 2 is 1.94 bits per heavy atom. The third kappa shape index (κ3) is 7.58. The Hall–Kier alpha value is -2.37. The molecule has 2 aromatic rings. The summed E-state index contributed by atoms with van der Waals surface area (Å²) in [6.07, 6.45) is 2.45. The van der Waals surface area contributed by atoms with Crippen molar-refractivity contribution in [3.8, 4) is 0 Å². The van der Waals surface area contributed by atoms with Crippen molar-refractivity contribution in [2.45, 2.75) is 39.2 Å². The van der Waals surface area contributed by atoms with Gasteiger partial charge in [-0.1, -0.05) is 37.6 Å². The lowest BCUT2D eigenvalue weighted by molar-refractivity contribution is -0.122. The number of hydrogen-bond donors (Lipinski definition) is 3. The number of nitrogen functional groups attached to an aromatic ring is 1. The molecular formula is C21H32ClN7O3S. The normalized spacial score (nSPS) is 15.4. The van der Waals surface area contributed by atoms with E-state index in [1.165, 1.54) is 0 Å². The Bertz CT molecular complexity index is 1020. The van der Waals surface area contributed by atoms with E-state index in [1.807, 2.05) is 24.3 Å². The molecule has 182 valence electrons. The second-order valence-electron chi connectivity index (χ2n) is 8.59. The molecule has 1 fully saturated rings. The average molecular weight is 498 g/mol. The molecule has 1 aliphatic rings. The molecule has 4 N–H and O–H groups in total. The predicted octanol–water partition coefficient (Wildman–Crippen LogP) is 1.66. The number of hydrogen-bond acceptors (Lipinski definition) is 8. The number of nitrogens with two attached hydrogens (primary N) is 1. The first-order valence-corrected chi connectivity index (χ1v) is 13.1. The molecule has 0 saturated carbocycles. The van der Waals surface area contributed by atoms with Gasteiger partial charge in [-0.2, -0.15) is 4.98 Å². The summed E-state index contributed by atoms with van der Waals surface area (Å²) in [5.74, 6) is -0.149. The Morgan fingerprint density at radius 1 is 1.27 bits per heavy atom. The molecular weight excluding hydrogens is 466 g/mol. The third-order valence-electron chi connectivity index (χ3n) is 5.78. The summed E-state index contributed by atoms with van der Waals surface area (Å²) in [7, 11) is -3.71. The number of sulfonamides is 1. The number of H-pyrrole nitrogens is 1. The lowest BCUT2D eigenvalue weighted by Gasteiger charge is -2.38. The van der Waals surface area contributed by atoms with Crippen molar-refractivity contribution < 1.29 is 13.2 Å². The fourth-order valence-corrected chi connectivity index (χ4v) is 5.04. The van der Waals surface area contributed by atoms with E-state index in [0.29, 0.717) is 24.1 Å². The molecule has 2 heterocycles. The minimum atomic E-state index is -3.71. The Labute approximate surface area is 199 Å². The standard InChI is InChI=1S/C21H32ClN7O3S/c1-15(2)19(30)27-33(31,32)14-13-28(10-7-16-3-5-17(22)6-4-16)18-8-11-29(12-9-18)21-24-20(23)25-26-21/h3-6,15,18H,7-14H2,1-2H3,(H,27,30)(H3,23,24,25,26). The fourth-order valence-electron chi connectivity index (χ4n) is 3.80. The molecule has 0 aliphatic carbocycles. The first-order valence-electron chi connectivity index (χ1n) is 11.1. The second kappa shape index (κ2) is 11.2. The van der Waals surface area contributed by atoms with Crippen LogP contribution in [-0.2, 0) is 21.2 Å². The molecule has 0 unspecified atom stereocenters. The fraction of sp³-hybridized carbons (Fsp3) is 0.571. The Kier molecular flexibility index (Phi) is 8.55. The van der Waals surface area contributed by atoms with E-state index in [2.05, 4.69) is 29.7 Å². The van der Waals surface area contributed by atoms with Gasteiger partial charge < -0.3 is 10.6 Å². The summed E-state index contributed by atoms with van der Waals surface area (Å²) < 4.78 is 27.1. The van der Waals surface area contributed by atoms with Crippen molar-refractivity contribution in [2.75, 3.05) is 42.6 Å². The van der Waals surface area contributed by atoms with E-state index < -0.39 is 21.8 Å². The number of anilines is 2. The number of carbonyl (C=O) groups is 1. The molecule has 12 heteroatoms. The van der Waals surface area contributed by atoms with Gasteiger partial charge in [-0.3, -0.25) is 14.4 Å². The number of nitrogens with one attached hydrogen (secondary N) is 2. The van der Waals surface area contributed by atoms with E-state index in [9.17, 15) is 13.2 Å². The summed E-state index contributed by atoms with van der Waals surface area (Å²) in [5, 5.41) is 7.46. The van der Waals surface area contributed by atoms with Crippen molar-refractivity contribution >= 4 is 39.4 Å². The quantitative estimate of drug-likeness (QED) is 0.450. The SMILES string of the molecule is CC(C)C(=O)NS(=O)(=O)CCN(CCc1ccc(Cl)cc1)C1CCN(c2n[nH]c(N)n2)CC1. The number of halogens is 1. The third-order valence-corrected chi connectivity index (χ3v) is 7.27. The molecule has 1 amide bonds. The molecule has 0 atom stereocenters. The topological polar surface area (TPSA) is 137 Å². The molecule has 1 aromatic carbocycles. The van der Waals surface area contributed by atoms with E-state index in [1.54, 1.807) is 13.8 Å². The molecule has 1 aromatic heterocycles. The number of carbonyl (C=O) groups excluding carboxylic acids is 1. The van der Waals surface area contributed by atoms with Gasteiger partial charge in [0.2, 0.25) is 27.8 Å². The highest BCUT2D eigenvalue weighted by atomic mass is 35.5. The average Bonchev–Trinajstić information content (AvgIpc) is 3.21. The first kappa shape index (κ1) is 25.3. The van der Waals surface area contributed by atoms with Crippen LogP contribution >= 0.6 is 11.6 Å². The Morgan fingerprint density at radius 3 is 2.52 bits per heavy atom. The highest BCUT2D eigenvalue weighted by molar-refractivity contribution is 7.90. The van der Waals surface area contributed by atoms with Crippen LogP contribution in [0.15, 0.2) is 24.3 Å². The van der Waals surface area contributed by atoms with E-state index in [0.717, 1.165) is 37.9 Å². The van der Waals surface area contributed by atoms with E-state index in [-0.39, 0.29) is 17.7 Å². The number of benzene rings is 1. The number of nitrogens with zero attached hydrogens (tertiary/aromatic N) is 4. The van der Waals surface area contributed by atoms with Crippen LogP contribution in [0, 0.1) is 5.92 Å². The lowest BCUT2D eigenvalue weighted by atomic mass is 10.0. The monoisotopic (exact) mass is 497 g/mol. The number of aromatic nitrogens is 3. The van der Waals surface area contributed by atoms with E-state index >= 15 is 0 Å². The van der Waals surface area contributed by atoms with Crippen LogP contribution in [-0.4, -0.2) is 72.4 Å². The largest absolute Gasteiger partial charge is 0.368 e. The van der Waals surface area contributed by atoms with Crippen LogP contribution in [0.5, 0.6) is 0 Å². The molecule has 1 saturated heterocycles. The van der Waals surface area contributed by atoms with Gasteiger partial charge in [0, 0.05) is 43.2 Å². The van der Waals surface area contributed by atoms with Gasteiger partial charge in [-0.15, -0.1) is 5.10 Å². The first-order chi connectivity index (χ1) is 15.6. The zero-order chi connectivity index (χ0) is 24.0. The smallest absolute Gasteiger partial charge is 0.246 e. The lowest BCUT2D eigenvalue weighted by Crippen LogP contribution is -2.48. The molecule has 3 rings (SSSR count). The molecule has 1 aliphatic heterocycles. The predicted molar refractivity (Wildman–Crippen MR) is 130 cm³/mol. The van der Waals surface area contributed by atoms with Crippen molar-refractivity contribution in [2.24, 2.45) is 5.92 Å². The van der Waals surface area contributed by atoms with Gasteiger partial charge in [0.15, 0.2) is 0 Å². The van der Waals surface area contributed by atoms with Crippen LogP contribution in [0.1, 0.15) is 32.3 Å². The second-order valence-corrected chi connectivity index (χ2v) is 10.9. The minimum Gasteiger partial charge on any atom is -0.368 e. The molecule has 0 spiro atoms. The van der Waals surface area contributed by atoms with Crippen LogP contribution in [0.2, 0.25) is 5.02 Å². The number of aromatic amines is 1. The zero-order valence-electron chi connectivity index (χ0n) is 19.0. The van der Waals surface area contributed by atoms with Gasteiger partial charge in [0.1, 0.15) is 0 Å². The zero-order valence-corrected chi connectivity index (χ0v) is 20.6. The highest BCUT2D eigenvalue weighted by Crippen LogP contribution is 2.21. The van der Waals surface area contributed by atoms with Crippen molar-refractivity contribution in [1.82, 2.24) is 24.8 Å². The molecule has 0 radical (unpaired) electrons. The van der Waals surface area contributed by atoms with Crippen LogP contribution < -0.4 is 15.4 Å². The number of piperidine rings is 1. The van der Waals surface area contributed by atoms with Gasteiger partial charge in [0.25, 0.3) is 0 Å². The summed E-state index contributed by atoms with van der Waals surface area (Å²) in [6.45, 7) is 5.87. The van der Waals surface area contributed by atoms with Gasteiger partial charge >= 0.3 is 0 Å². The maximum atomic E-state index is 12.5. The van der Waals surface area contributed by atoms with E-state index in [4.69, 9.17) is 17.3 Å². The van der Waals surface area contributed by atoms with Crippen molar-refractivity contribution in [1.29, 1.82) is 0 Å². The number of amides is 1. The van der Waals surface area contributed by atoms with Crippen LogP contribution in [0.3, 0.4) is 0 Å². The maximum absolute atomic E-state index is 12.5. The van der Waals surface area contributed by atoms with Crippen LogP contribution in [0.4, 0.5) is 11.9 Å². The minimum absolute atomic E-state index is 0.135. The Balaban J connectivity index is 1.63. The summed E-state index contributed by atoms with van der Waals surface area (Å²) in [6, 6.07) is 7.88. The van der Waals surface area contributed by atoms with Crippen LogP contribution in [0.25, 0.3) is 0 Å². The summed E-state index contributed by atoms with van der Waals surface area (Å²) in [4.78, 5) is 20.3. The van der Waals surface area contributed by atoms with Gasteiger partial charge in [-0.05, 0) is 37.0 Å². The molecule has 33 heavy (non-hydrogen) atoms.